The molecule has 1 aliphatic heterocycles. The van der Waals surface area contributed by atoms with Crippen LogP contribution < -0.4 is 0 Å². The normalized spacial score (nSPS) is 15.5. The molecule has 0 atom stereocenters. The van der Waals surface area contributed by atoms with E-state index in [0.29, 0.717) is 31.7 Å². The molecule has 6 heteroatoms. The van der Waals surface area contributed by atoms with Gasteiger partial charge in [0, 0.05) is 41.0 Å². The standard InChI is InChI=1S/C15H18Br2N2O2/c1-10(2)14(20)18-5-7-19(8-6-18)15(21)12-9-11(16)3-4-13(12)17/h3-4,9-10H,5-8H2,1-2H3. The fraction of sp³-hybridized carbons (Fsp3) is 0.467. The van der Waals surface area contributed by atoms with Crippen LogP contribution in [0.25, 0.3) is 0 Å². The maximum absolute atomic E-state index is 12.6. The Labute approximate surface area is 141 Å². The lowest BCUT2D eigenvalue weighted by molar-refractivity contribution is -0.135. The van der Waals surface area contributed by atoms with Crippen LogP contribution >= 0.6 is 31.9 Å². The molecule has 0 N–H and O–H groups in total. The van der Waals surface area contributed by atoms with Crippen LogP contribution in [0.15, 0.2) is 27.1 Å². The van der Waals surface area contributed by atoms with E-state index in [-0.39, 0.29) is 17.7 Å². The summed E-state index contributed by atoms with van der Waals surface area (Å²) in [6.45, 7) is 6.17. The van der Waals surface area contributed by atoms with Crippen molar-refractivity contribution in [3.8, 4) is 0 Å². The van der Waals surface area contributed by atoms with Gasteiger partial charge < -0.3 is 9.80 Å². The maximum atomic E-state index is 12.6. The van der Waals surface area contributed by atoms with E-state index in [1.54, 1.807) is 4.90 Å². The average Bonchev–Trinajstić information content (AvgIpc) is 2.48. The smallest absolute Gasteiger partial charge is 0.255 e. The second-order valence-corrected chi connectivity index (χ2v) is 7.17. The van der Waals surface area contributed by atoms with Crippen LogP contribution in [0.2, 0.25) is 0 Å². The highest BCUT2D eigenvalue weighted by Crippen LogP contribution is 2.23. The van der Waals surface area contributed by atoms with E-state index >= 15 is 0 Å². The molecule has 1 heterocycles. The summed E-state index contributed by atoms with van der Waals surface area (Å²) in [5.41, 5.74) is 0.646. The molecule has 4 nitrogen and oxygen atoms in total. The number of piperazine rings is 1. The van der Waals surface area contributed by atoms with Gasteiger partial charge in [0.1, 0.15) is 0 Å². The zero-order valence-corrected chi connectivity index (χ0v) is 15.3. The Morgan fingerprint density at radius 1 is 1.05 bits per heavy atom. The van der Waals surface area contributed by atoms with Crippen LogP contribution in [0, 0.1) is 5.92 Å². The Bertz CT molecular complexity index is 553. The molecule has 114 valence electrons. The third-order valence-corrected chi connectivity index (χ3v) is 4.72. The van der Waals surface area contributed by atoms with Crippen molar-refractivity contribution in [2.24, 2.45) is 5.92 Å². The predicted octanol–water partition coefficient (Wildman–Crippen LogP) is 3.15. The Hall–Kier alpha value is -0.880. The average molecular weight is 418 g/mol. The van der Waals surface area contributed by atoms with Crippen molar-refractivity contribution in [3.63, 3.8) is 0 Å². The molecule has 0 saturated carbocycles. The van der Waals surface area contributed by atoms with Gasteiger partial charge in [-0.25, -0.2) is 0 Å². The van der Waals surface area contributed by atoms with Crippen LogP contribution in [-0.4, -0.2) is 47.8 Å². The summed E-state index contributed by atoms with van der Waals surface area (Å²) < 4.78 is 1.67. The van der Waals surface area contributed by atoms with Crippen LogP contribution in [0.5, 0.6) is 0 Å². The van der Waals surface area contributed by atoms with Crippen molar-refractivity contribution in [2.45, 2.75) is 13.8 Å². The number of hydrogen-bond donors (Lipinski definition) is 0. The lowest BCUT2D eigenvalue weighted by atomic mass is 10.1. The molecule has 0 radical (unpaired) electrons. The Kier molecular flexibility index (Phi) is 5.43. The molecule has 0 unspecified atom stereocenters. The molecule has 1 aromatic rings. The summed E-state index contributed by atoms with van der Waals surface area (Å²) in [5.74, 6) is 0.164. The van der Waals surface area contributed by atoms with Gasteiger partial charge >= 0.3 is 0 Å². The minimum Gasteiger partial charge on any atom is -0.339 e. The fourth-order valence-electron chi connectivity index (χ4n) is 2.33. The number of carbonyl (C=O) groups is 2. The fourth-order valence-corrected chi connectivity index (χ4v) is 3.10. The number of carbonyl (C=O) groups excluding carboxylic acids is 2. The molecule has 1 aliphatic rings. The lowest BCUT2D eigenvalue weighted by Crippen LogP contribution is -2.51. The van der Waals surface area contributed by atoms with Gasteiger partial charge in [0.25, 0.3) is 5.91 Å². The first kappa shape index (κ1) is 16.5. The monoisotopic (exact) mass is 416 g/mol. The molecule has 1 fully saturated rings. The number of nitrogens with zero attached hydrogens (tertiary/aromatic N) is 2. The lowest BCUT2D eigenvalue weighted by Gasteiger charge is -2.35. The Balaban J connectivity index is 2.03. The van der Waals surface area contributed by atoms with Gasteiger partial charge in [-0.2, -0.15) is 0 Å². The van der Waals surface area contributed by atoms with Crippen molar-refractivity contribution in [2.75, 3.05) is 26.2 Å². The molecule has 0 spiro atoms. The molecule has 2 rings (SSSR count). The zero-order chi connectivity index (χ0) is 15.6. The molecule has 0 aromatic heterocycles. The van der Waals surface area contributed by atoms with Crippen molar-refractivity contribution in [1.82, 2.24) is 9.80 Å². The highest BCUT2D eigenvalue weighted by Gasteiger charge is 2.26. The summed E-state index contributed by atoms with van der Waals surface area (Å²) in [4.78, 5) is 28.1. The Morgan fingerprint density at radius 2 is 1.62 bits per heavy atom. The number of amides is 2. The largest absolute Gasteiger partial charge is 0.339 e. The number of halogens is 2. The predicted molar refractivity (Wildman–Crippen MR) is 89.2 cm³/mol. The van der Waals surface area contributed by atoms with Gasteiger partial charge in [-0.15, -0.1) is 0 Å². The summed E-state index contributed by atoms with van der Waals surface area (Å²) in [7, 11) is 0. The molecular formula is C15H18Br2N2O2. The van der Waals surface area contributed by atoms with Crippen molar-refractivity contribution < 1.29 is 9.59 Å². The second-order valence-electron chi connectivity index (χ2n) is 5.40. The van der Waals surface area contributed by atoms with Gasteiger partial charge in [0.15, 0.2) is 0 Å². The third kappa shape index (κ3) is 3.86. The van der Waals surface area contributed by atoms with Crippen LogP contribution in [0.1, 0.15) is 24.2 Å². The van der Waals surface area contributed by atoms with E-state index in [1.807, 2.05) is 36.9 Å². The topological polar surface area (TPSA) is 40.6 Å². The molecule has 21 heavy (non-hydrogen) atoms. The number of hydrogen-bond acceptors (Lipinski definition) is 2. The van der Waals surface area contributed by atoms with E-state index in [0.717, 1.165) is 8.95 Å². The molecule has 2 amide bonds. The zero-order valence-electron chi connectivity index (χ0n) is 12.1. The molecule has 0 aliphatic carbocycles. The van der Waals surface area contributed by atoms with Crippen LogP contribution in [-0.2, 0) is 4.79 Å². The third-order valence-electron chi connectivity index (χ3n) is 3.53. The van der Waals surface area contributed by atoms with E-state index in [1.165, 1.54) is 0 Å². The molecule has 1 aromatic carbocycles. The van der Waals surface area contributed by atoms with Gasteiger partial charge in [0.05, 0.1) is 5.56 Å². The first-order valence-electron chi connectivity index (χ1n) is 6.93. The van der Waals surface area contributed by atoms with Gasteiger partial charge in [-0.05, 0) is 34.1 Å². The van der Waals surface area contributed by atoms with E-state index in [4.69, 9.17) is 0 Å². The van der Waals surface area contributed by atoms with Crippen LogP contribution in [0.3, 0.4) is 0 Å². The van der Waals surface area contributed by atoms with Crippen LogP contribution in [0.4, 0.5) is 0 Å². The summed E-state index contributed by atoms with van der Waals surface area (Å²) in [6, 6.07) is 5.56. The molecule has 1 saturated heterocycles. The number of benzene rings is 1. The summed E-state index contributed by atoms with van der Waals surface area (Å²) in [5, 5.41) is 0. The molecule has 0 bridgehead atoms. The van der Waals surface area contributed by atoms with E-state index in [9.17, 15) is 9.59 Å². The van der Waals surface area contributed by atoms with Gasteiger partial charge in [0.2, 0.25) is 5.91 Å². The Morgan fingerprint density at radius 3 is 2.19 bits per heavy atom. The van der Waals surface area contributed by atoms with E-state index < -0.39 is 0 Å². The van der Waals surface area contributed by atoms with Crippen molar-refractivity contribution in [3.05, 3.63) is 32.7 Å². The quantitative estimate of drug-likeness (QED) is 0.741. The molecular weight excluding hydrogens is 400 g/mol. The SMILES string of the molecule is CC(C)C(=O)N1CCN(C(=O)c2cc(Br)ccc2Br)CC1. The minimum absolute atomic E-state index is 0.000166. The summed E-state index contributed by atoms with van der Waals surface area (Å²) >= 11 is 6.81. The first-order chi connectivity index (χ1) is 9.90. The van der Waals surface area contributed by atoms with Crippen molar-refractivity contribution >= 4 is 43.7 Å². The van der Waals surface area contributed by atoms with Gasteiger partial charge in [-0.1, -0.05) is 29.8 Å². The minimum atomic E-state index is -0.000166. The first-order valence-corrected chi connectivity index (χ1v) is 8.52. The van der Waals surface area contributed by atoms with E-state index in [2.05, 4.69) is 31.9 Å². The van der Waals surface area contributed by atoms with Gasteiger partial charge in [-0.3, -0.25) is 9.59 Å². The highest BCUT2D eigenvalue weighted by atomic mass is 79.9. The second kappa shape index (κ2) is 6.92. The van der Waals surface area contributed by atoms with Crippen molar-refractivity contribution in [1.29, 1.82) is 0 Å². The number of rotatable bonds is 2. The summed E-state index contributed by atoms with van der Waals surface area (Å²) in [6.07, 6.45) is 0. The maximum Gasteiger partial charge on any atom is 0.255 e. The highest BCUT2D eigenvalue weighted by molar-refractivity contribution is 9.11.